The molecule has 3 N–H and O–H groups in total. The molecule has 0 rings (SSSR count). The average molecular weight is 342 g/mol. The quantitative estimate of drug-likeness (QED) is 0.545. The van der Waals surface area contributed by atoms with Crippen molar-refractivity contribution in [1.82, 2.24) is 5.32 Å². The Labute approximate surface area is 145 Å². The van der Waals surface area contributed by atoms with Crippen LogP contribution in [0.4, 0.5) is 0 Å². The number of carbonyl (C=O) groups is 3. The van der Waals surface area contributed by atoms with Crippen LogP contribution in [0.5, 0.6) is 0 Å². The summed E-state index contributed by atoms with van der Waals surface area (Å²) in [4.78, 5) is 38.2. The van der Waals surface area contributed by atoms with Gasteiger partial charge in [-0.05, 0) is 47.0 Å². The summed E-state index contributed by atoms with van der Waals surface area (Å²) >= 11 is 0. The predicted molar refractivity (Wildman–Crippen MR) is 94.2 cm³/mol. The van der Waals surface area contributed by atoms with Gasteiger partial charge in [-0.25, -0.2) is 0 Å². The lowest BCUT2D eigenvalue weighted by molar-refractivity contribution is -0.174. The Morgan fingerprint density at radius 3 is 1.83 bits per heavy atom. The minimum absolute atomic E-state index is 0.266. The van der Waals surface area contributed by atoms with Gasteiger partial charge in [-0.2, -0.15) is 0 Å². The summed E-state index contributed by atoms with van der Waals surface area (Å²) in [5.41, 5.74) is 2.05. The fraction of sp³-hybridized carbons (Fsp3) is 0.833. The first-order valence-electron chi connectivity index (χ1n) is 8.40. The number of ether oxygens (including phenoxy) is 1. The van der Waals surface area contributed by atoms with E-state index >= 15 is 0 Å². The van der Waals surface area contributed by atoms with E-state index in [-0.39, 0.29) is 5.92 Å². The Balaban J connectivity index is 5.94. The van der Waals surface area contributed by atoms with Crippen LogP contribution >= 0.6 is 0 Å². The second-order valence-corrected chi connectivity index (χ2v) is 8.41. The summed E-state index contributed by atoms with van der Waals surface area (Å²) in [6.07, 6.45) is 0.583. The number of carbonyl (C=O) groups excluding carboxylic acids is 3. The van der Waals surface area contributed by atoms with Crippen molar-refractivity contribution in [1.29, 1.82) is 0 Å². The molecule has 0 aromatic heterocycles. The van der Waals surface area contributed by atoms with Gasteiger partial charge in [0.2, 0.25) is 5.91 Å². The van der Waals surface area contributed by atoms with Crippen LogP contribution in [-0.2, 0) is 19.1 Å². The van der Waals surface area contributed by atoms with Gasteiger partial charge in [0.1, 0.15) is 5.60 Å². The fourth-order valence-electron chi connectivity index (χ4n) is 2.67. The standard InChI is InChI=1S/C18H34N2O4/c1-11(2)10-12(3)13(21)18(19,14(22)20-9)17(7,8)15(23)24-16(4,5)6/h11-12H,10,19H2,1-9H3,(H,20,22)/t12-,18-/m1/s1. The summed E-state index contributed by atoms with van der Waals surface area (Å²) in [5, 5.41) is 2.43. The molecular weight excluding hydrogens is 308 g/mol. The van der Waals surface area contributed by atoms with E-state index in [1.165, 1.54) is 20.9 Å². The second-order valence-electron chi connectivity index (χ2n) is 8.41. The Bertz CT molecular complexity index is 492. The number of esters is 1. The molecule has 0 saturated carbocycles. The molecule has 0 aliphatic carbocycles. The first-order chi connectivity index (χ1) is 10.6. The number of hydrogen-bond donors (Lipinski definition) is 2. The Hall–Kier alpha value is -1.43. The maximum atomic E-state index is 13.0. The molecule has 1 amide bonds. The lowest BCUT2D eigenvalue weighted by atomic mass is 9.66. The number of nitrogens with two attached hydrogens (primary N) is 1. The number of rotatable bonds is 7. The summed E-state index contributed by atoms with van der Waals surface area (Å²) in [7, 11) is 1.40. The molecule has 0 unspecified atom stereocenters. The predicted octanol–water partition coefficient (Wildman–Crippen LogP) is 2.05. The van der Waals surface area contributed by atoms with Crippen LogP contribution in [-0.4, -0.2) is 35.8 Å². The first-order valence-corrected chi connectivity index (χ1v) is 8.40. The van der Waals surface area contributed by atoms with Crippen LogP contribution in [0, 0.1) is 17.3 Å². The second kappa shape index (κ2) is 7.64. The van der Waals surface area contributed by atoms with Gasteiger partial charge in [0.25, 0.3) is 0 Å². The molecule has 6 heteroatoms. The summed E-state index contributed by atoms with van der Waals surface area (Å²) < 4.78 is 5.40. The third-order valence-electron chi connectivity index (χ3n) is 4.14. The Kier molecular flexibility index (Phi) is 7.18. The number of ketones is 1. The highest BCUT2D eigenvalue weighted by Crippen LogP contribution is 2.36. The van der Waals surface area contributed by atoms with Crippen molar-refractivity contribution in [2.24, 2.45) is 23.0 Å². The van der Waals surface area contributed by atoms with Crippen molar-refractivity contribution < 1.29 is 19.1 Å². The Morgan fingerprint density at radius 2 is 1.50 bits per heavy atom. The smallest absolute Gasteiger partial charge is 0.314 e. The summed E-state index contributed by atoms with van der Waals surface area (Å²) in [6, 6.07) is 0. The minimum Gasteiger partial charge on any atom is -0.459 e. The minimum atomic E-state index is -2.00. The maximum Gasteiger partial charge on any atom is 0.314 e. The molecule has 0 aromatic rings. The van der Waals surface area contributed by atoms with Gasteiger partial charge in [-0.15, -0.1) is 0 Å². The van der Waals surface area contributed by atoms with E-state index in [1.807, 2.05) is 13.8 Å². The van der Waals surface area contributed by atoms with Crippen molar-refractivity contribution in [3.8, 4) is 0 Å². The van der Waals surface area contributed by atoms with Crippen molar-refractivity contribution >= 4 is 17.7 Å². The van der Waals surface area contributed by atoms with Crippen LogP contribution in [0.2, 0.25) is 0 Å². The number of amides is 1. The van der Waals surface area contributed by atoms with Gasteiger partial charge in [0.05, 0.1) is 5.41 Å². The largest absolute Gasteiger partial charge is 0.459 e. The molecule has 0 aliphatic heterocycles. The zero-order valence-electron chi connectivity index (χ0n) is 16.6. The van der Waals surface area contributed by atoms with Gasteiger partial charge in [0, 0.05) is 13.0 Å². The number of hydrogen-bond acceptors (Lipinski definition) is 5. The highest BCUT2D eigenvalue weighted by atomic mass is 16.6. The third-order valence-corrected chi connectivity index (χ3v) is 4.14. The molecule has 0 spiro atoms. The zero-order valence-corrected chi connectivity index (χ0v) is 16.6. The monoisotopic (exact) mass is 342 g/mol. The number of likely N-dealkylation sites (N-methyl/N-ethyl adjacent to an activating group) is 1. The Morgan fingerprint density at radius 1 is 1.04 bits per heavy atom. The van der Waals surface area contributed by atoms with Gasteiger partial charge < -0.3 is 15.8 Å². The number of nitrogens with one attached hydrogen (secondary N) is 1. The molecule has 0 aliphatic rings. The number of Topliss-reactive ketones (excluding diaryl/α,β-unsaturated/α-hetero) is 1. The van der Waals surface area contributed by atoms with Crippen molar-refractivity contribution in [2.75, 3.05) is 7.05 Å². The lowest BCUT2D eigenvalue weighted by Gasteiger charge is -2.41. The van der Waals surface area contributed by atoms with E-state index < -0.39 is 40.1 Å². The van der Waals surface area contributed by atoms with Crippen molar-refractivity contribution in [3.63, 3.8) is 0 Å². The molecule has 0 bridgehead atoms. The van der Waals surface area contributed by atoms with Crippen molar-refractivity contribution in [3.05, 3.63) is 0 Å². The van der Waals surface area contributed by atoms with Gasteiger partial charge in [-0.3, -0.25) is 14.4 Å². The highest BCUT2D eigenvalue weighted by Gasteiger charge is 2.59. The highest BCUT2D eigenvalue weighted by molar-refractivity contribution is 6.15. The van der Waals surface area contributed by atoms with Gasteiger partial charge in [0.15, 0.2) is 11.3 Å². The molecule has 24 heavy (non-hydrogen) atoms. The molecule has 0 saturated heterocycles. The molecule has 2 atom stereocenters. The molecule has 0 fully saturated rings. The van der Waals surface area contributed by atoms with Gasteiger partial charge >= 0.3 is 5.97 Å². The van der Waals surface area contributed by atoms with Crippen LogP contribution in [0.25, 0.3) is 0 Å². The van der Waals surface area contributed by atoms with Crippen LogP contribution in [0.3, 0.4) is 0 Å². The van der Waals surface area contributed by atoms with E-state index in [9.17, 15) is 14.4 Å². The van der Waals surface area contributed by atoms with Crippen molar-refractivity contribution in [2.45, 2.75) is 73.0 Å². The molecule has 0 radical (unpaired) electrons. The van der Waals surface area contributed by atoms with E-state index in [1.54, 1.807) is 27.7 Å². The molecule has 6 nitrogen and oxygen atoms in total. The normalized spacial score (nSPS) is 16.3. The average Bonchev–Trinajstić information content (AvgIpc) is 2.41. The van der Waals surface area contributed by atoms with Gasteiger partial charge in [-0.1, -0.05) is 20.8 Å². The molecule has 0 aromatic carbocycles. The van der Waals surface area contributed by atoms with Crippen LogP contribution in [0.1, 0.15) is 61.8 Å². The third kappa shape index (κ3) is 4.79. The molecule has 0 heterocycles. The summed E-state index contributed by atoms with van der Waals surface area (Å²) in [5.74, 6) is -1.99. The van der Waals surface area contributed by atoms with Crippen LogP contribution < -0.4 is 11.1 Å². The summed E-state index contributed by atoms with van der Waals surface area (Å²) in [6.45, 7) is 13.8. The topological polar surface area (TPSA) is 98.5 Å². The van der Waals surface area contributed by atoms with E-state index in [0.717, 1.165) is 0 Å². The molecular formula is C18H34N2O4. The lowest BCUT2D eigenvalue weighted by Crippen LogP contribution is -2.70. The first kappa shape index (κ1) is 22.6. The van der Waals surface area contributed by atoms with E-state index in [2.05, 4.69) is 5.32 Å². The SMILES string of the molecule is CNC(=O)[C@](N)(C(=O)[C@H](C)CC(C)C)C(C)(C)C(=O)OC(C)(C)C. The zero-order chi connectivity index (χ0) is 19.5. The maximum absolute atomic E-state index is 13.0. The molecule has 140 valence electrons. The van der Waals surface area contributed by atoms with E-state index in [4.69, 9.17) is 10.5 Å². The fourth-order valence-corrected chi connectivity index (χ4v) is 2.67. The van der Waals surface area contributed by atoms with Crippen LogP contribution in [0.15, 0.2) is 0 Å². The van der Waals surface area contributed by atoms with E-state index in [0.29, 0.717) is 6.42 Å².